The molecule has 4 aliphatic rings. The number of nitrogens with zero attached hydrogens (tertiary/aromatic N) is 5. The maximum Gasteiger partial charge on any atom is 0.410 e. The molecule has 4 heterocycles. The number of hydrogen-bond acceptors (Lipinski definition) is 12. The van der Waals surface area contributed by atoms with Crippen molar-refractivity contribution in [2.24, 2.45) is 17.8 Å². The zero-order valence-electron chi connectivity index (χ0n) is 49.4. The summed E-state index contributed by atoms with van der Waals surface area (Å²) in [6.45, 7) is 25.5. The Morgan fingerprint density at radius 1 is 0.575 bits per heavy atom. The Morgan fingerprint density at radius 3 is 1.34 bits per heavy atom. The number of ether oxygens (including phenoxy) is 5. The molecule has 2 N–H and O–H groups in total. The van der Waals surface area contributed by atoms with Crippen molar-refractivity contribution in [2.45, 2.75) is 182 Å². The molecule has 438 valence electrons. The highest BCUT2D eigenvalue weighted by molar-refractivity contribution is 5.92. The standard InChI is InChI=1S/C34H46N4O7.C27H41N3O5/c1-22(2)28(35-30(39)23(3)36(7)32(41)43-21-24-14-10-8-11-15-24)31(40)37-19-18-26-29(37)27(44-25-16-12-9-13-17-25)20-38(26)33(42)45-34(4,5)6;1-8-18(4)24(31)28-22(17(2)3)25(32)29-15-14-20-23(29)21(34-19-12-10-9-11-13-19)16-30(20)26(33)35-27(5,6)7/h8-17,22-23,26-29H,18-21H2,1-7H3,(H,35,39);9-13,17-18,20-23H,8,14-16H2,1-7H3,(H,28,31)/t23-,26+,27-,28-,29-;18-,20-,21+,22+,23+/m01/s1. The van der Waals surface area contributed by atoms with Gasteiger partial charge in [-0.3, -0.25) is 33.9 Å². The van der Waals surface area contributed by atoms with Gasteiger partial charge in [0.2, 0.25) is 23.6 Å². The van der Waals surface area contributed by atoms with E-state index >= 15 is 0 Å². The third-order valence-electron chi connectivity index (χ3n) is 15.0. The fourth-order valence-corrected chi connectivity index (χ4v) is 10.5. The van der Waals surface area contributed by atoms with E-state index in [9.17, 15) is 33.6 Å². The van der Waals surface area contributed by atoms with Crippen molar-refractivity contribution in [1.29, 1.82) is 0 Å². The van der Waals surface area contributed by atoms with E-state index in [2.05, 4.69) is 10.6 Å². The number of benzene rings is 3. The third kappa shape index (κ3) is 15.9. The Kier molecular flexibility index (Phi) is 20.9. The van der Waals surface area contributed by atoms with E-state index in [0.717, 1.165) is 5.56 Å². The number of para-hydroxylation sites is 2. The molecule has 0 aliphatic carbocycles. The minimum atomic E-state index is -0.892. The molecule has 0 unspecified atom stereocenters. The van der Waals surface area contributed by atoms with Crippen molar-refractivity contribution >= 4 is 41.9 Å². The highest BCUT2D eigenvalue weighted by Crippen LogP contribution is 2.38. The monoisotopic (exact) mass is 1110 g/mol. The summed E-state index contributed by atoms with van der Waals surface area (Å²) >= 11 is 0. The van der Waals surface area contributed by atoms with Crippen molar-refractivity contribution in [3.8, 4) is 11.5 Å². The van der Waals surface area contributed by atoms with Crippen LogP contribution >= 0.6 is 0 Å². The Morgan fingerprint density at radius 2 is 0.963 bits per heavy atom. The molecular weight excluding hydrogens is 1020 g/mol. The Balaban J connectivity index is 0.000000266. The lowest BCUT2D eigenvalue weighted by Crippen LogP contribution is -2.58. The normalized spacial score (nSPS) is 21.9. The molecule has 19 nitrogen and oxygen atoms in total. The number of hydrogen-bond donors (Lipinski definition) is 2. The number of amides is 7. The first-order valence-corrected chi connectivity index (χ1v) is 28.3. The van der Waals surface area contributed by atoms with Gasteiger partial charge in [-0.15, -0.1) is 0 Å². The number of nitrogens with one attached hydrogen (secondary N) is 2. The molecule has 4 fully saturated rings. The van der Waals surface area contributed by atoms with E-state index in [4.69, 9.17) is 23.7 Å². The fraction of sp³-hybridized carbons (Fsp3) is 0.590. The Bertz CT molecular complexity index is 2570. The van der Waals surface area contributed by atoms with Crippen molar-refractivity contribution in [3.05, 3.63) is 96.6 Å². The SMILES string of the molecule is CC(C)[C@H](NC(=O)[C@H](C)N(C)C(=O)OCc1ccccc1)C(=O)N1CC[C@@H]2[C@H]1[C@@H](Oc1ccccc1)CN2C(=O)OC(C)(C)C.CC[C@@H](C)C(=O)N[C@H](C(=O)N1CC[C@@H]2[C@H]1[C@@H](Oc1ccccc1)CN2C(=O)OC(C)(C)C)C(C)C. The lowest BCUT2D eigenvalue weighted by atomic mass is 9.99. The second-order valence-corrected chi connectivity index (χ2v) is 24.1. The van der Waals surface area contributed by atoms with Gasteiger partial charge >= 0.3 is 18.3 Å². The van der Waals surface area contributed by atoms with Crippen LogP contribution < -0.4 is 20.1 Å². The summed E-state index contributed by atoms with van der Waals surface area (Å²) in [5.41, 5.74) is -0.469. The van der Waals surface area contributed by atoms with Gasteiger partial charge in [-0.2, -0.15) is 0 Å². The van der Waals surface area contributed by atoms with Crippen LogP contribution in [-0.2, 0) is 40.0 Å². The van der Waals surface area contributed by atoms with Crippen molar-refractivity contribution in [3.63, 3.8) is 0 Å². The first-order chi connectivity index (χ1) is 37.7. The van der Waals surface area contributed by atoms with E-state index in [-0.39, 0.29) is 66.8 Å². The molecule has 4 aliphatic heterocycles. The second-order valence-electron chi connectivity index (χ2n) is 24.1. The minimum absolute atomic E-state index is 0.0774. The average molecular weight is 1110 g/mol. The first kappa shape index (κ1) is 62.2. The number of fused-ring (bicyclic) bond motifs is 2. The van der Waals surface area contributed by atoms with Gasteiger partial charge in [0.1, 0.15) is 59.6 Å². The van der Waals surface area contributed by atoms with Gasteiger partial charge in [0, 0.05) is 26.1 Å². The predicted octanol–water partition coefficient (Wildman–Crippen LogP) is 8.29. The van der Waals surface area contributed by atoms with Crippen LogP contribution in [0.1, 0.15) is 115 Å². The molecule has 7 amide bonds. The predicted molar refractivity (Wildman–Crippen MR) is 302 cm³/mol. The molecule has 0 saturated carbocycles. The third-order valence-corrected chi connectivity index (χ3v) is 15.0. The minimum Gasteiger partial charge on any atom is -0.486 e. The molecule has 0 bridgehead atoms. The van der Waals surface area contributed by atoms with Crippen LogP contribution in [0.25, 0.3) is 0 Å². The average Bonchev–Trinajstić information content (AvgIpc) is 4.25. The molecule has 10 atom stereocenters. The van der Waals surface area contributed by atoms with Crippen LogP contribution in [0.5, 0.6) is 11.5 Å². The van der Waals surface area contributed by atoms with E-state index in [1.165, 1.54) is 11.9 Å². The number of carbonyl (C=O) groups is 7. The zero-order chi connectivity index (χ0) is 58.8. The van der Waals surface area contributed by atoms with Gasteiger partial charge in [-0.1, -0.05) is 108 Å². The number of likely N-dealkylation sites (N-methyl/N-ethyl adjacent to an activating group) is 1. The Labute approximate surface area is 473 Å². The van der Waals surface area contributed by atoms with E-state index < -0.39 is 71.8 Å². The van der Waals surface area contributed by atoms with Gasteiger partial charge in [-0.25, -0.2) is 14.4 Å². The summed E-state index contributed by atoms with van der Waals surface area (Å²) in [5.74, 6) is -0.157. The van der Waals surface area contributed by atoms with E-state index in [0.29, 0.717) is 50.4 Å². The van der Waals surface area contributed by atoms with Gasteiger partial charge in [0.25, 0.3) is 0 Å². The maximum atomic E-state index is 14.2. The topological polar surface area (TPSA) is 206 Å². The lowest BCUT2D eigenvalue weighted by Gasteiger charge is -2.34. The second kappa shape index (κ2) is 26.9. The summed E-state index contributed by atoms with van der Waals surface area (Å²) in [6.07, 6.45) is -0.502. The Hall–Kier alpha value is -7.05. The van der Waals surface area contributed by atoms with Gasteiger partial charge < -0.3 is 44.1 Å². The quantitative estimate of drug-likeness (QED) is 0.130. The zero-order valence-corrected chi connectivity index (χ0v) is 49.4. The first-order valence-electron chi connectivity index (χ1n) is 28.3. The molecular formula is C61H87N7O12. The van der Waals surface area contributed by atoms with Gasteiger partial charge in [-0.05, 0) is 109 Å². The molecule has 0 aromatic heterocycles. The van der Waals surface area contributed by atoms with Gasteiger partial charge in [0.15, 0.2) is 0 Å². The number of likely N-dealkylation sites (tertiary alicyclic amines) is 4. The smallest absolute Gasteiger partial charge is 0.410 e. The molecule has 80 heavy (non-hydrogen) atoms. The maximum absolute atomic E-state index is 14.2. The van der Waals surface area contributed by atoms with Gasteiger partial charge in [0.05, 0.1) is 37.3 Å². The van der Waals surface area contributed by atoms with Crippen molar-refractivity contribution in [2.75, 3.05) is 33.2 Å². The van der Waals surface area contributed by atoms with Crippen LogP contribution in [0, 0.1) is 17.8 Å². The summed E-state index contributed by atoms with van der Waals surface area (Å²) in [7, 11) is 1.49. The number of carbonyl (C=O) groups excluding carboxylic acids is 7. The molecule has 0 radical (unpaired) electrons. The molecule has 4 saturated heterocycles. The lowest BCUT2D eigenvalue weighted by molar-refractivity contribution is -0.140. The molecule has 19 heteroatoms. The van der Waals surface area contributed by atoms with Crippen LogP contribution in [0.15, 0.2) is 91.0 Å². The van der Waals surface area contributed by atoms with Crippen LogP contribution in [0.2, 0.25) is 0 Å². The highest BCUT2D eigenvalue weighted by atomic mass is 16.6. The van der Waals surface area contributed by atoms with Crippen molar-refractivity contribution in [1.82, 2.24) is 35.1 Å². The van der Waals surface area contributed by atoms with E-state index in [1.807, 2.05) is 179 Å². The summed E-state index contributed by atoms with van der Waals surface area (Å²) < 4.78 is 29.4. The molecule has 3 aromatic rings. The van der Waals surface area contributed by atoms with Crippen molar-refractivity contribution < 1.29 is 57.2 Å². The highest BCUT2D eigenvalue weighted by Gasteiger charge is 2.56. The van der Waals surface area contributed by atoms with Crippen LogP contribution in [-0.4, -0.2) is 165 Å². The molecule has 0 spiro atoms. The summed E-state index contributed by atoms with van der Waals surface area (Å²) in [5, 5.41) is 5.86. The largest absolute Gasteiger partial charge is 0.486 e. The van der Waals surface area contributed by atoms with Crippen LogP contribution in [0.4, 0.5) is 14.4 Å². The summed E-state index contributed by atoms with van der Waals surface area (Å²) in [6, 6.07) is 24.4. The summed E-state index contributed by atoms with van der Waals surface area (Å²) in [4.78, 5) is 101. The van der Waals surface area contributed by atoms with E-state index in [1.54, 1.807) is 21.6 Å². The number of rotatable bonds is 16. The molecule has 7 rings (SSSR count). The fourth-order valence-electron chi connectivity index (χ4n) is 10.5. The van der Waals surface area contributed by atoms with Crippen LogP contribution in [0.3, 0.4) is 0 Å². The molecule has 3 aromatic carbocycles.